The fourth-order valence-corrected chi connectivity index (χ4v) is 3.50. The van der Waals surface area contributed by atoms with Gasteiger partial charge < -0.3 is 15.7 Å². The molecule has 4 rings (SSSR count). The summed E-state index contributed by atoms with van der Waals surface area (Å²) < 4.78 is 0. The highest BCUT2D eigenvalue weighted by Crippen LogP contribution is 2.48. The van der Waals surface area contributed by atoms with Gasteiger partial charge >= 0.3 is 0 Å². The van der Waals surface area contributed by atoms with Gasteiger partial charge in [0.05, 0.1) is 18.5 Å². The number of rotatable bonds is 7. The molecule has 1 saturated carbocycles. The second-order valence-electron chi connectivity index (χ2n) is 7.15. The highest BCUT2D eigenvalue weighted by molar-refractivity contribution is 6.30. The van der Waals surface area contributed by atoms with Crippen LogP contribution in [0.5, 0.6) is 0 Å². The zero-order valence-electron chi connectivity index (χ0n) is 15.7. The summed E-state index contributed by atoms with van der Waals surface area (Å²) in [6.45, 7) is 0.633. The zero-order valence-corrected chi connectivity index (χ0v) is 16.4. The van der Waals surface area contributed by atoms with Crippen LogP contribution in [0.2, 0.25) is 5.02 Å². The topological polar surface area (TPSA) is 87.1 Å². The number of carbonyl (C=O) groups is 1. The number of hydrogen-bond acceptors (Lipinski definition) is 5. The molecule has 1 heterocycles. The van der Waals surface area contributed by atoms with E-state index in [1.807, 2.05) is 48.5 Å². The Balaban J connectivity index is 1.33. The minimum absolute atomic E-state index is 0.0319. The van der Waals surface area contributed by atoms with Gasteiger partial charge in [0.25, 0.3) is 0 Å². The summed E-state index contributed by atoms with van der Waals surface area (Å²) in [6, 6.07) is 17.1. The number of anilines is 2. The van der Waals surface area contributed by atoms with Crippen molar-refractivity contribution in [2.45, 2.75) is 25.5 Å². The lowest BCUT2D eigenvalue weighted by molar-refractivity contribution is -0.117. The van der Waals surface area contributed by atoms with Crippen molar-refractivity contribution in [2.75, 3.05) is 10.6 Å². The standard InChI is InChI=1S/C22H21ClN4O2/c23-17-3-1-2-16(8-17)19-10-20(19)22(29)26-21-9-18(12-25-27-21)24-11-14-4-6-15(13-28)7-5-14/h1-9,12,19-20,28H,10-11,13H2,(H2,24,26,27,29)/t19-,20+/m1/s1. The summed E-state index contributed by atoms with van der Waals surface area (Å²) in [7, 11) is 0. The number of nitrogens with one attached hydrogen (secondary N) is 2. The predicted molar refractivity (Wildman–Crippen MR) is 113 cm³/mol. The van der Waals surface area contributed by atoms with Crippen molar-refractivity contribution in [1.82, 2.24) is 10.2 Å². The van der Waals surface area contributed by atoms with E-state index in [9.17, 15) is 4.79 Å². The number of aliphatic hydroxyl groups excluding tert-OH is 1. The van der Waals surface area contributed by atoms with E-state index in [0.29, 0.717) is 17.4 Å². The van der Waals surface area contributed by atoms with Crippen LogP contribution in [0.1, 0.15) is 29.0 Å². The third-order valence-corrected chi connectivity index (χ3v) is 5.25. The largest absolute Gasteiger partial charge is 0.392 e. The van der Waals surface area contributed by atoms with Crippen molar-refractivity contribution < 1.29 is 9.90 Å². The first-order valence-electron chi connectivity index (χ1n) is 9.44. The van der Waals surface area contributed by atoms with E-state index in [0.717, 1.165) is 28.8 Å². The third kappa shape index (κ3) is 4.91. The molecule has 1 fully saturated rings. The molecule has 0 bridgehead atoms. The lowest BCUT2D eigenvalue weighted by Crippen LogP contribution is -2.16. The SMILES string of the molecule is O=C(Nc1cc(NCc2ccc(CO)cc2)cnn1)[C@H]1C[C@@H]1c1cccc(Cl)c1. The van der Waals surface area contributed by atoms with Crippen molar-refractivity contribution in [2.24, 2.45) is 5.92 Å². The Kier molecular flexibility index (Phi) is 5.74. The van der Waals surface area contributed by atoms with E-state index in [-0.39, 0.29) is 24.3 Å². The van der Waals surface area contributed by atoms with Crippen LogP contribution in [0.3, 0.4) is 0 Å². The fraction of sp³-hybridized carbons (Fsp3) is 0.227. The third-order valence-electron chi connectivity index (χ3n) is 5.01. The number of benzene rings is 2. The molecular weight excluding hydrogens is 388 g/mol. The molecule has 0 spiro atoms. The Bertz CT molecular complexity index is 1010. The van der Waals surface area contributed by atoms with E-state index in [2.05, 4.69) is 20.8 Å². The van der Waals surface area contributed by atoms with Crippen molar-refractivity contribution >= 4 is 29.0 Å². The van der Waals surface area contributed by atoms with Crippen LogP contribution in [-0.2, 0) is 17.9 Å². The minimum atomic E-state index is -0.0723. The van der Waals surface area contributed by atoms with Gasteiger partial charge in [0, 0.05) is 23.6 Å². The van der Waals surface area contributed by atoms with Crippen LogP contribution in [0.25, 0.3) is 0 Å². The maximum absolute atomic E-state index is 12.5. The maximum Gasteiger partial charge on any atom is 0.229 e. The quantitative estimate of drug-likeness (QED) is 0.550. The summed E-state index contributed by atoms with van der Waals surface area (Å²) in [5.74, 6) is 0.496. The fourth-order valence-electron chi connectivity index (χ4n) is 3.30. The van der Waals surface area contributed by atoms with Gasteiger partial charge in [-0.3, -0.25) is 4.79 Å². The van der Waals surface area contributed by atoms with E-state index in [1.54, 1.807) is 12.3 Å². The summed E-state index contributed by atoms with van der Waals surface area (Å²) in [4.78, 5) is 12.5. The molecule has 0 saturated heterocycles. The molecule has 7 heteroatoms. The maximum atomic E-state index is 12.5. The molecular formula is C22H21ClN4O2. The number of nitrogens with zero attached hydrogens (tertiary/aromatic N) is 2. The van der Waals surface area contributed by atoms with E-state index in [4.69, 9.17) is 16.7 Å². The highest BCUT2D eigenvalue weighted by Gasteiger charge is 2.44. The second-order valence-corrected chi connectivity index (χ2v) is 7.59. The van der Waals surface area contributed by atoms with Crippen molar-refractivity contribution in [3.05, 3.63) is 82.5 Å². The van der Waals surface area contributed by atoms with Crippen molar-refractivity contribution in [3.8, 4) is 0 Å². The smallest absolute Gasteiger partial charge is 0.229 e. The molecule has 1 aromatic heterocycles. The lowest BCUT2D eigenvalue weighted by atomic mass is 10.1. The van der Waals surface area contributed by atoms with Gasteiger partial charge in [-0.25, -0.2) is 0 Å². The number of halogens is 1. The average molecular weight is 409 g/mol. The van der Waals surface area contributed by atoms with Crippen LogP contribution in [0.15, 0.2) is 60.8 Å². The summed E-state index contributed by atoms with van der Waals surface area (Å²) >= 11 is 6.04. The summed E-state index contributed by atoms with van der Waals surface area (Å²) in [6.07, 6.45) is 2.42. The van der Waals surface area contributed by atoms with E-state index in [1.165, 1.54) is 0 Å². The molecule has 3 N–H and O–H groups in total. The van der Waals surface area contributed by atoms with E-state index < -0.39 is 0 Å². The monoisotopic (exact) mass is 408 g/mol. The molecule has 1 aliphatic carbocycles. The molecule has 2 atom stereocenters. The first-order chi connectivity index (χ1) is 14.1. The zero-order chi connectivity index (χ0) is 20.2. The number of aliphatic hydroxyl groups is 1. The number of aromatic nitrogens is 2. The number of hydrogen-bond donors (Lipinski definition) is 3. The molecule has 1 amide bonds. The second kappa shape index (κ2) is 8.59. The normalized spacial score (nSPS) is 17.6. The van der Waals surface area contributed by atoms with Crippen LogP contribution >= 0.6 is 11.6 Å². The average Bonchev–Trinajstić information content (AvgIpc) is 3.54. The Morgan fingerprint density at radius 2 is 1.93 bits per heavy atom. The Hall–Kier alpha value is -2.96. The molecule has 1 aliphatic rings. The minimum Gasteiger partial charge on any atom is -0.392 e. The van der Waals surface area contributed by atoms with Crippen LogP contribution < -0.4 is 10.6 Å². The molecule has 0 unspecified atom stereocenters. The molecule has 3 aromatic rings. The van der Waals surface area contributed by atoms with Gasteiger partial charge in [-0.15, -0.1) is 5.10 Å². The highest BCUT2D eigenvalue weighted by atomic mass is 35.5. The van der Waals surface area contributed by atoms with Crippen molar-refractivity contribution in [1.29, 1.82) is 0 Å². The molecule has 6 nitrogen and oxygen atoms in total. The van der Waals surface area contributed by atoms with Gasteiger partial charge in [0.15, 0.2) is 5.82 Å². The van der Waals surface area contributed by atoms with Crippen molar-refractivity contribution in [3.63, 3.8) is 0 Å². The summed E-state index contributed by atoms with van der Waals surface area (Å²) in [5, 5.41) is 23.9. The molecule has 2 aromatic carbocycles. The predicted octanol–water partition coefficient (Wildman–Crippen LogP) is 3.98. The van der Waals surface area contributed by atoms with E-state index >= 15 is 0 Å². The number of amides is 1. The van der Waals surface area contributed by atoms with Gasteiger partial charge in [0.2, 0.25) is 5.91 Å². The van der Waals surface area contributed by atoms with Crippen LogP contribution in [0.4, 0.5) is 11.5 Å². The molecule has 0 aliphatic heterocycles. The molecule has 148 valence electrons. The van der Waals surface area contributed by atoms with Crippen LogP contribution in [-0.4, -0.2) is 21.2 Å². The Morgan fingerprint density at radius 1 is 1.14 bits per heavy atom. The summed E-state index contributed by atoms with van der Waals surface area (Å²) in [5.41, 5.74) is 3.81. The van der Waals surface area contributed by atoms with Gasteiger partial charge in [-0.2, -0.15) is 5.10 Å². The Morgan fingerprint density at radius 3 is 2.69 bits per heavy atom. The molecule has 29 heavy (non-hydrogen) atoms. The van der Waals surface area contributed by atoms with Crippen LogP contribution in [0, 0.1) is 5.92 Å². The van der Waals surface area contributed by atoms with Gasteiger partial charge in [0.1, 0.15) is 0 Å². The lowest BCUT2D eigenvalue weighted by Gasteiger charge is -2.09. The molecule has 0 radical (unpaired) electrons. The van der Waals surface area contributed by atoms with Gasteiger partial charge in [-0.1, -0.05) is 48.0 Å². The number of carbonyl (C=O) groups excluding carboxylic acids is 1. The first-order valence-corrected chi connectivity index (χ1v) is 9.82. The van der Waals surface area contributed by atoms with Gasteiger partial charge in [-0.05, 0) is 41.2 Å². The first kappa shape index (κ1) is 19.4. The Labute approximate surface area is 173 Å².